The second-order valence-electron chi connectivity index (χ2n) is 3.42. The van der Waals surface area contributed by atoms with Gasteiger partial charge in [0.05, 0.1) is 0 Å². The van der Waals surface area contributed by atoms with Crippen LogP contribution in [0, 0.1) is 0 Å². The van der Waals surface area contributed by atoms with Gasteiger partial charge in [-0.15, -0.1) is 0 Å². The molecule has 4 heteroatoms. The summed E-state index contributed by atoms with van der Waals surface area (Å²) in [7, 11) is 0. The van der Waals surface area contributed by atoms with Gasteiger partial charge >= 0.3 is 5.97 Å². The first-order valence-corrected chi connectivity index (χ1v) is 4.24. The molecule has 1 N–H and O–H groups in total. The van der Waals surface area contributed by atoms with Crippen molar-refractivity contribution in [1.29, 1.82) is 0 Å². The molecule has 0 aromatic rings. The van der Waals surface area contributed by atoms with Crippen molar-refractivity contribution in [3.05, 3.63) is 0 Å². The highest BCUT2D eigenvalue weighted by Gasteiger charge is 2.44. The third-order valence-corrected chi connectivity index (χ3v) is 2.48. The Morgan fingerprint density at radius 1 is 1.42 bits per heavy atom. The van der Waals surface area contributed by atoms with Crippen molar-refractivity contribution < 1.29 is 14.7 Å². The van der Waals surface area contributed by atoms with Gasteiger partial charge in [-0.05, 0) is 19.3 Å². The van der Waals surface area contributed by atoms with Crippen LogP contribution in [-0.2, 0) is 9.59 Å². The predicted molar refractivity (Wildman–Crippen MR) is 40.5 cm³/mol. The molecule has 0 bridgehead atoms. The van der Waals surface area contributed by atoms with Crippen LogP contribution in [0.2, 0.25) is 0 Å². The van der Waals surface area contributed by atoms with Crippen LogP contribution in [0.1, 0.15) is 25.7 Å². The Balaban J connectivity index is 2.13. The molecule has 1 amide bonds. The Morgan fingerprint density at radius 3 is 2.58 bits per heavy atom. The van der Waals surface area contributed by atoms with Crippen molar-refractivity contribution in [3.63, 3.8) is 0 Å². The highest BCUT2D eigenvalue weighted by Crippen LogP contribution is 2.34. The molecule has 12 heavy (non-hydrogen) atoms. The van der Waals surface area contributed by atoms with Crippen LogP contribution in [0.3, 0.4) is 0 Å². The number of hydrogen-bond donors (Lipinski definition) is 1. The third-order valence-electron chi connectivity index (χ3n) is 2.48. The Bertz CT molecular complexity index is 234. The van der Waals surface area contributed by atoms with Crippen LogP contribution in [0.25, 0.3) is 0 Å². The lowest BCUT2D eigenvalue weighted by Crippen LogP contribution is -2.39. The number of carbonyl (C=O) groups excluding carboxylic acids is 1. The minimum Gasteiger partial charge on any atom is -0.480 e. The van der Waals surface area contributed by atoms with Gasteiger partial charge in [-0.1, -0.05) is 0 Å². The molecule has 1 atom stereocenters. The molecule has 0 radical (unpaired) electrons. The van der Waals surface area contributed by atoms with Crippen molar-refractivity contribution in [2.24, 2.45) is 0 Å². The summed E-state index contributed by atoms with van der Waals surface area (Å²) in [6.45, 7) is 0. The Morgan fingerprint density at radius 2 is 2.08 bits per heavy atom. The second-order valence-corrected chi connectivity index (χ2v) is 3.42. The summed E-state index contributed by atoms with van der Waals surface area (Å²) >= 11 is 0. The third kappa shape index (κ3) is 1.07. The first-order valence-electron chi connectivity index (χ1n) is 4.24. The van der Waals surface area contributed by atoms with E-state index in [1.807, 2.05) is 0 Å². The predicted octanol–water partition coefficient (Wildman–Crippen LogP) is 0.224. The number of carbonyl (C=O) groups is 2. The summed E-state index contributed by atoms with van der Waals surface area (Å²) in [4.78, 5) is 23.5. The summed E-state index contributed by atoms with van der Waals surface area (Å²) < 4.78 is 0. The SMILES string of the molecule is O=C(O)C1CCC(=O)N1C1CC1. The van der Waals surface area contributed by atoms with Crippen LogP contribution in [0.4, 0.5) is 0 Å². The van der Waals surface area contributed by atoms with Gasteiger partial charge in [0, 0.05) is 12.5 Å². The van der Waals surface area contributed by atoms with Gasteiger partial charge in [-0.25, -0.2) is 4.79 Å². The van der Waals surface area contributed by atoms with Crippen molar-refractivity contribution in [2.75, 3.05) is 0 Å². The molecule has 1 saturated carbocycles. The van der Waals surface area contributed by atoms with E-state index in [9.17, 15) is 9.59 Å². The van der Waals surface area contributed by atoms with Gasteiger partial charge in [0.1, 0.15) is 6.04 Å². The molecule has 4 nitrogen and oxygen atoms in total. The monoisotopic (exact) mass is 169 g/mol. The summed E-state index contributed by atoms with van der Waals surface area (Å²) in [5, 5.41) is 8.78. The van der Waals surface area contributed by atoms with Crippen molar-refractivity contribution in [3.8, 4) is 0 Å². The molecule has 0 aromatic heterocycles. The zero-order valence-electron chi connectivity index (χ0n) is 6.69. The van der Waals surface area contributed by atoms with Gasteiger partial charge in [0.15, 0.2) is 0 Å². The number of hydrogen-bond acceptors (Lipinski definition) is 2. The van der Waals surface area contributed by atoms with E-state index < -0.39 is 12.0 Å². The molecular weight excluding hydrogens is 158 g/mol. The lowest BCUT2D eigenvalue weighted by molar-refractivity contribution is -0.146. The topological polar surface area (TPSA) is 57.6 Å². The summed E-state index contributed by atoms with van der Waals surface area (Å²) in [6, 6.07) is -0.300. The van der Waals surface area contributed by atoms with E-state index in [2.05, 4.69) is 0 Å². The van der Waals surface area contributed by atoms with Gasteiger partial charge in [0.25, 0.3) is 0 Å². The average molecular weight is 169 g/mol. The Labute approximate surface area is 70.2 Å². The van der Waals surface area contributed by atoms with Gasteiger partial charge in [-0.2, -0.15) is 0 Å². The summed E-state index contributed by atoms with van der Waals surface area (Å²) in [6.07, 6.45) is 2.86. The normalized spacial score (nSPS) is 29.5. The summed E-state index contributed by atoms with van der Waals surface area (Å²) in [5.74, 6) is -0.836. The van der Waals surface area contributed by atoms with E-state index in [1.54, 1.807) is 4.90 Å². The van der Waals surface area contributed by atoms with E-state index >= 15 is 0 Å². The zero-order valence-corrected chi connectivity index (χ0v) is 6.69. The van der Waals surface area contributed by atoms with Crippen LogP contribution < -0.4 is 0 Å². The Kier molecular flexibility index (Phi) is 1.56. The van der Waals surface area contributed by atoms with Gasteiger partial charge < -0.3 is 10.0 Å². The molecule has 1 heterocycles. The van der Waals surface area contributed by atoms with Crippen LogP contribution in [-0.4, -0.2) is 34.0 Å². The molecule has 2 rings (SSSR count). The minimum absolute atomic E-state index is 0.0184. The molecule has 66 valence electrons. The number of aliphatic carboxylic acids is 1. The molecule has 0 spiro atoms. The lowest BCUT2D eigenvalue weighted by atomic mass is 10.2. The maximum absolute atomic E-state index is 11.2. The number of amides is 1. The van der Waals surface area contributed by atoms with Crippen LogP contribution in [0.5, 0.6) is 0 Å². The van der Waals surface area contributed by atoms with Crippen molar-refractivity contribution >= 4 is 11.9 Å². The summed E-state index contributed by atoms with van der Waals surface area (Å²) in [5.41, 5.74) is 0. The highest BCUT2D eigenvalue weighted by molar-refractivity contribution is 5.87. The molecule has 1 saturated heterocycles. The number of likely N-dealkylation sites (tertiary alicyclic amines) is 1. The maximum atomic E-state index is 11.2. The standard InChI is InChI=1S/C8H11NO3/c10-7-4-3-6(8(11)12)9(7)5-1-2-5/h5-6H,1-4H2,(H,11,12). The number of nitrogens with zero attached hydrogens (tertiary/aromatic N) is 1. The largest absolute Gasteiger partial charge is 0.480 e. The van der Waals surface area contributed by atoms with Gasteiger partial charge in [-0.3, -0.25) is 4.79 Å². The molecule has 1 aliphatic heterocycles. The van der Waals surface area contributed by atoms with Crippen molar-refractivity contribution in [2.45, 2.75) is 37.8 Å². The zero-order chi connectivity index (χ0) is 8.72. The minimum atomic E-state index is -0.854. The molecule has 1 aliphatic carbocycles. The molecule has 0 aromatic carbocycles. The van der Waals surface area contributed by atoms with E-state index in [1.165, 1.54) is 0 Å². The molecule has 2 fully saturated rings. The van der Waals surface area contributed by atoms with Crippen molar-refractivity contribution in [1.82, 2.24) is 4.90 Å². The lowest BCUT2D eigenvalue weighted by Gasteiger charge is -2.20. The van der Waals surface area contributed by atoms with Gasteiger partial charge in [0.2, 0.25) is 5.91 Å². The average Bonchev–Trinajstić information content (AvgIpc) is 2.75. The maximum Gasteiger partial charge on any atom is 0.326 e. The van der Waals surface area contributed by atoms with E-state index in [0.717, 1.165) is 12.8 Å². The highest BCUT2D eigenvalue weighted by atomic mass is 16.4. The fraction of sp³-hybridized carbons (Fsp3) is 0.750. The molecule has 2 aliphatic rings. The first kappa shape index (κ1) is 7.58. The fourth-order valence-electron chi connectivity index (χ4n) is 1.76. The van der Waals surface area contributed by atoms with E-state index in [0.29, 0.717) is 12.8 Å². The van der Waals surface area contributed by atoms with E-state index in [4.69, 9.17) is 5.11 Å². The molecular formula is C8H11NO3. The van der Waals surface area contributed by atoms with E-state index in [-0.39, 0.29) is 11.9 Å². The smallest absolute Gasteiger partial charge is 0.326 e. The molecule has 1 unspecified atom stereocenters. The van der Waals surface area contributed by atoms with Crippen LogP contribution in [0.15, 0.2) is 0 Å². The van der Waals surface area contributed by atoms with Crippen LogP contribution >= 0.6 is 0 Å². The fourth-order valence-corrected chi connectivity index (χ4v) is 1.76. The number of carboxylic acids is 1. The quantitative estimate of drug-likeness (QED) is 0.643. The Hall–Kier alpha value is -1.06. The number of carboxylic acid groups (broad SMARTS) is 1. The first-order chi connectivity index (χ1) is 5.70. The second kappa shape index (κ2) is 2.47. The number of rotatable bonds is 2.